The summed E-state index contributed by atoms with van der Waals surface area (Å²) in [5.41, 5.74) is 0.805. The first kappa shape index (κ1) is 9.51. The highest BCUT2D eigenvalue weighted by molar-refractivity contribution is 4.97. The van der Waals surface area contributed by atoms with E-state index in [0.717, 1.165) is 17.3 Å². The lowest BCUT2D eigenvalue weighted by atomic mass is 9.84. The molecule has 2 fully saturated rings. The van der Waals surface area contributed by atoms with Gasteiger partial charge in [0.1, 0.15) is 0 Å². The summed E-state index contributed by atoms with van der Waals surface area (Å²) >= 11 is 0. The van der Waals surface area contributed by atoms with Crippen molar-refractivity contribution >= 4 is 0 Å². The molecule has 1 saturated carbocycles. The van der Waals surface area contributed by atoms with E-state index in [4.69, 9.17) is 0 Å². The van der Waals surface area contributed by atoms with Gasteiger partial charge in [0.25, 0.3) is 0 Å². The summed E-state index contributed by atoms with van der Waals surface area (Å²) in [5.74, 6) is 1.83. The van der Waals surface area contributed by atoms with Crippen LogP contribution >= 0.6 is 0 Å². The van der Waals surface area contributed by atoms with E-state index in [-0.39, 0.29) is 0 Å². The van der Waals surface area contributed by atoms with E-state index in [1.54, 1.807) is 0 Å². The van der Waals surface area contributed by atoms with Crippen LogP contribution in [0.5, 0.6) is 0 Å². The lowest BCUT2D eigenvalue weighted by Crippen LogP contribution is -2.26. The van der Waals surface area contributed by atoms with E-state index in [1.165, 1.54) is 38.8 Å². The first-order valence-corrected chi connectivity index (χ1v) is 5.80. The highest BCUT2D eigenvalue weighted by atomic mass is 15.1. The highest BCUT2D eigenvalue weighted by Gasteiger charge is 2.45. The third-order valence-corrected chi connectivity index (χ3v) is 4.17. The smallest absolute Gasteiger partial charge is 0.000926 e. The maximum atomic E-state index is 2.54. The van der Waals surface area contributed by atoms with Crippen LogP contribution < -0.4 is 0 Å². The van der Waals surface area contributed by atoms with E-state index in [1.807, 2.05) is 0 Å². The molecule has 0 amide bonds. The predicted molar refractivity (Wildman–Crippen MR) is 56.7 cm³/mol. The van der Waals surface area contributed by atoms with Crippen molar-refractivity contribution in [2.75, 3.05) is 20.1 Å². The Morgan fingerprint density at radius 1 is 1.23 bits per heavy atom. The van der Waals surface area contributed by atoms with E-state index >= 15 is 0 Å². The van der Waals surface area contributed by atoms with Crippen LogP contribution in [0.1, 0.15) is 39.5 Å². The fraction of sp³-hybridized carbons (Fsp3) is 1.00. The Bertz CT molecular complexity index is 182. The third-order valence-electron chi connectivity index (χ3n) is 4.17. The molecule has 1 saturated heterocycles. The molecule has 1 nitrogen and oxygen atoms in total. The van der Waals surface area contributed by atoms with Crippen molar-refractivity contribution in [1.29, 1.82) is 0 Å². The van der Waals surface area contributed by atoms with Crippen LogP contribution in [0, 0.1) is 17.3 Å². The Morgan fingerprint density at radius 3 is 2.46 bits per heavy atom. The largest absolute Gasteiger partial charge is 0.306 e. The summed E-state index contributed by atoms with van der Waals surface area (Å²) in [6, 6.07) is 0. The molecule has 0 aromatic heterocycles. The standard InChI is InChI=1S/C12H23N/c1-10(2)11-8-12(4-5-12)6-7-13(3)9-11/h10-11H,4-9H2,1-3H3/t11-/m0/s1. The van der Waals surface area contributed by atoms with Gasteiger partial charge in [0.05, 0.1) is 0 Å². The Labute approximate surface area is 82.5 Å². The zero-order valence-electron chi connectivity index (χ0n) is 9.34. The van der Waals surface area contributed by atoms with E-state index in [9.17, 15) is 0 Å². The fourth-order valence-electron chi connectivity index (χ4n) is 2.72. The molecule has 0 aromatic carbocycles. The lowest BCUT2D eigenvalue weighted by Gasteiger charge is -2.24. The van der Waals surface area contributed by atoms with Crippen molar-refractivity contribution in [2.45, 2.75) is 39.5 Å². The second-order valence-corrected chi connectivity index (χ2v) is 5.72. The Hall–Kier alpha value is -0.0400. The van der Waals surface area contributed by atoms with Gasteiger partial charge >= 0.3 is 0 Å². The van der Waals surface area contributed by atoms with Crippen LogP contribution in [0.25, 0.3) is 0 Å². The fourth-order valence-corrected chi connectivity index (χ4v) is 2.72. The molecule has 1 atom stereocenters. The van der Waals surface area contributed by atoms with E-state index < -0.39 is 0 Å². The summed E-state index contributed by atoms with van der Waals surface area (Å²) in [6.45, 7) is 7.45. The topological polar surface area (TPSA) is 3.24 Å². The maximum Gasteiger partial charge on any atom is 0.000926 e. The minimum absolute atomic E-state index is 0.805. The van der Waals surface area contributed by atoms with Crippen LogP contribution in [0.2, 0.25) is 0 Å². The van der Waals surface area contributed by atoms with Crippen molar-refractivity contribution in [1.82, 2.24) is 4.90 Å². The molecule has 2 aliphatic rings. The molecule has 2 rings (SSSR count). The normalized spacial score (nSPS) is 33.7. The molecule has 1 aliphatic carbocycles. The molecule has 76 valence electrons. The second-order valence-electron chi connectivity index (χ2n) is 5.72. The minimum Gasteiger partial charge on any atom is -0.306 e. The summed E-state index contributed by atoms with van der Waals surface area (Å²) in [4.78, 5) is 2.54. The lowest BCUT2D eigenvalue weighted by molar-refractivity contribution is 0.247. The summed E-state index contributed by atoms with van der Waals surface area (Å²) in [6.07, 6.45) is 6.01. The third kappa shape index (κ3) is 2.07. The Kier molecular flexibility index (Phi) is 2.39. The Balaban J connectivity index is 2.01. The molecule has 0 aromatic rings. The number of likely N-dealkylation sites (tertiary alicyclic amines) is 1. The monoisotopic (exact) mass is 181 g/mol. The molecular formula is C12H23N. The average molecular weight is 181 g/mol. The zero-order chi connectivity index (χ0) is 9.47. The number of hydrogen-bond acceptors (Lipinski definition) is 1. The maximum absolute atomic E-state index is 2.54. The van der Waals surface area contributed by atoms with Gasteiger partial charge in [0, 0.05) is 6.54 Å². The zero-order valence-corrected chi connectivity index (χ0v) is 9.34. The molecule has 0 N–H and O–H groups in total. The van der Waals surface area contributed by atoms with E-state index in [0.29, 0.717) is 0 Å². The predicted octanol–water partition coefficient (Wildman–Crippen LogP) is 2.76. The molecule has 1 spiro atoms. The molecule has 13 heavy (non-hydrogen) atoms. The number of hydrogen-bond donors (Lipinski definition) is 0. The number of nitrogens with zero attached hydrogens (tertiary/aromatic N) is 1. The van der Waals surface area contributed by atoms with Gasteiger partial charge in [-0.15, -0.1) is 0 Å². The van der Waals surface area contributed by atoms with Gasteiger partial charge in [-0.2, -0.15) is 0 Å². The SMILES string of the molecule is CC(C)[C@@H]1CN(C)CCC2(CC2)C1. The summed E-state index contributed by atoms with van der Waals surface area (Å²) in [5, 5.41) is 0. The molecule has 1 heterocycles. The molecule has 0 bridgehead atoms. The average Bonchev–Trinajstić information content (AvgIpc) is 2.82. The summed E-state index contributed by atoms with van der Waals surface area (Å²) < 4.78 is 0. The molecular weight excluding hydrogens is 158 g/mol. The van der Waals surface area contributed by atoms with Gasteiger partial charge in [-0.05, 0) is 56.5 Å². The molecule has 0 radical (unpaired) electrons. The Morgan fingerprint density at radius 2 is 1.92 bits per heavy atom. The quantitative estimate of drug-likeness (QED) is 0.601. The van der Waals surface area contributed by atoms with Crippen LogP contribution in [0.4, 0.5) is 0 Å². The van der Waals surface area contributed by atoms with Gasteiger partial charge in [-0.1, -0.05) is 13.8 Å². The molecule has 0 unspecified atom stereocenters. The van der Waals surface area contributed by atoms with Crippen molar-refractivity contribution in [3.05, 3.63) is 0 Å². The highest BCUT2D eigenvalue weighted by Crippen LogP contribution is 2.55. The van der Waals surface area contributed by atoms with Crippen LogP contribution in [0.3, 0.4) is 0 Å². The van der Waals surface area contributed by atoms with E-state index in [2.05, 4.69) is 25.8 Å². The molecule has 1 aliphatic heterocycles. The van der Waals surface area contributed by atoms with Gasteiger partial charge in [0.2, 0.25) is 0 Å². The van der Waals surface area contributed by atoms with Crippen LogP contribution in [-0.2, 0) is 0 Å². The van der Waals surface area contributed by atoms with Crippen LogP contribution in [0.15, 0.2) is 0 Å². The van der Waals surface area contributed by atoms with Crippen LogP contribution in [-0.4, -0.2) is 25.0 Å². The van der Waals surface area contributed by atoms with Gasteiger partial charge in [-0.25, -0.2) is 0 Å². The van der Waals surface area contributed by atoms with Gasteiger partial charge in [0.15, 0.2) is 0 Å². The van der Waals surface area contributed by atoms with Gasteiger partial charge < -0.3 is 4.90 Å². The van der Waals surface area contributed by atoms with Crippen molar-refractivity contribution in [2.24, 2.45) is 17.3 Å². The van der Waals surface area contributed by atoms with Crippen molar-refractivity contribution < 1.29 is 0 Å². The summed E-state index contributed by atoms with van der Waals surface area (Å²) in [7, 11) is 2.29. The number of rotatable bonds is 1. The van der Waals surface area contributed by atoms with Gasteiger partial charge in [-0.3, -0.25) is 0 Å². The first-order valence-electron chi connectivity index (χ1n) is 5.80. The first-order chi connectivity index (χ1) is 6.11. The van der Waals surface area contributed by atoms with Crippen molar-refractivity contribution in [3.63, 3.8) is 0 Å². The second kappa shape index (κ2) is 3.27. The minimum atomic E-state index is 0.805. The van der Waals surface area contributed by atoms with Crippen molar-refractivity contribution in [3.8, 4) is 0 Å². The molecule has 1 heteroatoms.